The van der Waals surface area contributed by atoms with E-state index in [4.69, 9.17) is 4.74 Å². The lowest BCUT2D eigenvalue weighted by molar-refractivity contribution is -0.143. The molecule has 1 aromatic carbocycles. The van der Waals surface area contributed by atoms with Gasteiger partial charge in [-0.05, 0) is 30.5 Å². The first-order valence-corrected chi connectivity index (χ1v) is 5.04. The predicted octanol–water partition coefficient (Wildman–Crippen LogP) is 2.88. The Bertz CT molecular complexity index is 319. The number of ether oxygens (including phenoxy) is 1. The molecule has 0 aliphatic heterocycles. The van der Waals surface area contributed by atoms with Crippen molar-refractivity contribution in [2.75, 3.05) is 6.61 Å². The Hall–Kier alpha value is -1.38. The summed E-state index contributed by atoms with van der Waals surface area (Å²) < 4.78 is 17.5. The quantitative estimate of drug-likeness (QED) is 0.714. The summed E-state index contributed by atoms with van der Waals surface area (Å²) in [5.41, 5.74) is 0.949. The fourth-order valence-electron chi connectivity index (χ4n) is 1.38. The maximum atomic E-state index is 12.6. The Labute approximate surface area is 89.1 Å². The normalized spacial score (nSPS) is 12.2. The molecule has 0 amide bonds. The predicted molar refractivity (Wildman–Crippen MR) is 56.1 cm³/mol. The van der Waals surface area contributed by atoms with Gasteiger partial charge in [0, 0.05) is 0 Å². The van der Waals surface area contributed by atoms with Crippen LogP contribution in [-0.4, -0.2) is 12.6 Å². The SMILES string of the molecule is CCOC(=O)C[C@H](C)c1ccc(F)cc1. The van der Waals surface area contributed by atoms with Gasteiger partial charge >= 0.3 is 5.97 Å². The Morgan fingerprint density at radius 1 is 1.40 bits per heavy atom. The van der Waals surface area contributed by atoms with E-state index in [1.165, 1.54) is 12.1 Å². The molecule has 82 valence electrons. The molecule has 0 spiro atoms. The van der Waals surface area contributed by atoms with E-state index in [0.29, 0.717) is 13.0 Å². The van der Waals surface area contributed by atoms with Crippen LogP contribution >= 0.6 is 0 Å². The highest BCUT2D eigenvalue weighted by atomic mass is 19.1. The highest BCUT2D eigenvalue weighted by Gasteiger charge is 2.11. The molecule has 0 fully saturated rings. The first-order chi connectivity index (χ1) is 7.13. The monoisotopic (exact) mass is 210 g/mol. The number of carbonyl (C=O) groups excluding carboxylic acids is 1. The number of benzene rings is 1. The van der Waals surface area contributed by atoms with Crippen LogP contribution in [0.15, 0.2) is 24.3 Å². The van der Waals surface area contributed by atoms with E-state index in [1.807, 2.05) is 6.92 Å². The van der Waals surface area contributed by atoms with E-state index in [9.17, 15) is 9.18 Å². The van der Waals surface area contributed by atoms with Gasteiger partial charge in [0.2, 0.25) is 0 Å². The maximum Gasteiger partial charge on any atom is 0.306 e. The molecule has 15 heavy (non-hydrogen) atoms. The molecule has 0 radical (unpaired) electrons. The van der Waals surface area contributed by atoms with E-state index < -0.39 is 0 Å². The molecular weight excluding hydrogens is 195 g/mol. The van der Waals surface area contributed by atoms with E-state index in [-0.39, 0.29) is 17.7 Å². The molecule has 0 aromatic heterocycles. The minimum Gasteiger partial charge on any atom is -0.466 e. The van der Waals surface area contributed by atoms with Crippen LogP contribution in [-0.2, 0) is 9.53 Å². The number of esters is 1. The average Bonchev–Trinajstić information content (AvgIpc) is 2.18. The fraction of sp³-hybridized carbons (Fsp3) is 0.417. The zero-order valence-corrected chi connectivity index (χ0v) is 9.00. The number of rotatable bonds is 4. The summed E-state index contributed by atoms with van der Waals surface area (Å²) in [6.45, 7) is 4.10. The van der Waals surface area contributed by atoms with Crippen LogP contribution in [0.25, 0.3) is 0 Å². The number of hydrogen-bond acceptors (Lipinski definition) is 2. The third-order valence-corrected chi connectivity index (χ3v) is 2.22. The Morgan fingerprint density at radius 3 is 2.53 bits per heavy atom. The Balaban J connectivity index is 2.57. The van der Waals surface area contributed by atoms with Gasteiger partial charge in [-0.3, -0.25) is 4.79 Å². The zero-order chi connectivity index (χ0) is 11.3. The van der Waals surface area contributed by atoms with Crippen molar-refractivity contribution in [2.24, 2.45) is 0 Å². The summed E-state index contributed by atoms with van der Waals surface area (Å²) in [7, 11) is 0. The smallest absolute Gasteiger partial charge is 0.306 e. The van der Waals surface area contributed by atoms with Crippen molar-refractivity contribution in [3.63, 3.8) is 0 Å². The van der Waals surface area contributed by atoms with Gasteiger partial charge in [0.05, 0.1) is 13.0 Å². The van der Waals surface area contributed by atoms with Gasteiger partial charge in [-0.2, -0.15) is 0 Å². The van der Waals surface area contributed by atoms with Crippen LogP contribution in [0.2, 0.25) is 0 Å². The first kappa shape index (κ1) is 11.7. The molecular formula is C12H15FO2. The molecule has 3 heteroatoms. The zero-order valence-electron chi connectivity index (χ0n) is 9.00. The minimum absolute atomic E-state index is 0.0599. The third kappa shape index (κ3) is 3.70. The summed E-state index contributed by atoms with van der Waals surface area (Å²) in [6.07, 6.45) is 0.333. The van der Waals surface area contributed by atoms with Gasteiger partial charge in [0.1, 0.15) is 5.82 Å². The van der Waals surface area contributed by atoms with Crippen molar-refractivity contribution >= 4 is 5.97 Å². The van der Waals surface area contributed by atoms with E-state index in [1.54, 1.807) is 19.1 Å². The molecule has 0 aliphatic carbocycles. The molecule has 0 saturated heterocycles. The number of carbonyl (C=O) groups is 1. The summed E-state index contributed by atoms with van der Waals surface area (Å²) in [5, 5.41) is 0. The largest absolute Gasteiger partial charge is 0.466 e. The minimum atomic E-state index is -0.262. The third-order valence-electron chi connectivity index (χ3n) is 2.22. The average molecular weight is 210 g/mol. The molecule has 1 rings (SSSR count). The van der Waals surface area contributed by atoms with Gasteiger partial charge in [0.15, 0.2) is 0 Å². The molecule has 0 bridgehead atoms. The second-order valence-corrected chi connectivity index (χ2v) is 3.46. The summed E-state index contributed by atoms with van der Waals surface area (Å²) >= 11 is 0. The number of halogens is 1. The second kappa shape index (κ2) is 5.49. The lowest BCUT2D eigenvalue weighted by Crippen LogP contribution is -2.08. The molecule has 0 unspecified atom stereocenters. The molecule has 1 aromatic rings. The highest BCUT2D eigenvalue weighted by molar-refractivity contribution is 5.70. The van der Waals surface area contributed by atoms with Gasteiger partial charge in [-0.25, -0.2) is 4.39 Å². The summed E-state index contributed by atoms with van der Waals surface area (Å²) in [6, 6.07) is 6.19. The molecule has 0 N–H and O–H groups in total. The van der Waals surface area contributed by atoms with Crippen molar-refractivity contribution in [3.8, 4) is 0 Å². The lowest BCUT2D eigenvalue weighted by atomic mass is 9.98. The summed E-state index contributed by atoms with van der Waals surface area (Å²) in [5.74, 6) is -0.416. The first-order valence-electron chi connectivity index (χ1n) is 5.04. The summed E-state index contributed by atoms with van der Waals surface area (Å²) in [4.78, 5) is 11.2. The fourth-order valence-corrected chi connectivity index (χ4v) is 1.38. The van der Waals surface area contributed by atoms with Gasteiger partial charge in [-0.1, -0.05) is 19.1 Å². The standard InChI is InChI=1S/C12H15FO2/c1-3-15-12(14)8-9(2)10-4-6-11(13)7-5-10/h4-7,9H,3,8H2,1-2H3/t9-/m0/s1. The van der Waals surface area contributed by atoms with E-state index in [2.05, 4.69) is 0 Å². The number of hydrogen-bond donors (Lipinski definition) is 0. The van der Waals surface area contributed by atoms with Gasteiger partial charge < -0.3 is 4.74 Å². The molecule has 1 atom stereocenters. The lowest BCUT2D eigenvalue weighted by Gasteiger charge is -2.10. The van der Waals surface area contributed by atoms with Crippen LogP contribution in [0.5, 0.6) is 0 Å². The van der Waals surface area contributed by atoms with Crippen molar-refractivity contribution in [1.29, 1.82) is 0 Å². The molecule has 2 nitrogen and oxygen atoms in total. The van der Waals surface area contributed by atoms with Crippen LogP contribution in [0, 0.1) is 5.82 Å². The van der Waals surface area contributed by atoms with E-state index in [0.717, 1.165) is 5.56 Å². The Kier molecular flexibility index (Phi) is 4.28. The maximum absolute atomic E-state index is 12.6. The van der Waals surface area contributed by atoms with Gasteiger partial charge in [-0.15, -0.1) is 0 Å². The highest BCUT2D eigenvalue weighted by Crippen LogP contribution is 2.19. The molecule has 0 heterocycles. The Morgan fingerprint density at radius 2 is 2.00 bits per heavy atom. The van der Waals surface area contributed by atoms with Gasteiger partial charge in [0.25, 0.3) is 0 Å². The van der Waals surface area contributed by atoms with Crippen LogP contribution in [0.3, 0.4) is 0 Å². The second-order valence-electron chi connectivity index (χ2n) is 3.46. The molecule has 0 saturated carbocycles. The van der Waals surface area contributed by atoms with Crippen molar-refractivity contribution in [3.05, 3.63) is 35.6 Å². The van der Waals surface area contributed by atoms with Crippen LogP contribution < -0.4 is 0 Å². The van der Waals surface area contributed by atoms with Crippen LogP contribution in [0.1, 0.15) is 31.7 Å². The van der Waals surface area contributed by atoms with E-state index >= 15 is 0 Å². The van der Waals surface area contributed by atoms with Crippen molar-refractivity contribution in [2.45, 2.75) is 26.2 Å². The molecule has 0 aliphatic rings. The van der Waals surface area contributed by atoms with Crippen molar-refractivity contribution in [1.82, 2.24) is 0 Å². The van der Waals surface area contributed by atoms with Crippen molar-refractivity contribution < 1.29 is 13.9 Å². The topological polar surface area (TPSA) is 26.3 Å². The van der Waals surface area contributed by atoms with Crippen LogP contribution in [0.4, 0.5) is 4.39 Å².